The van der Waals surface area contributed by atoms with E-state index in [1.54, 1.807) is 30.1 Å². The van der Waals surface area contributed by atoms with Crippen molar-refractivity contribution in [1.82, 2.24) is 4.90 Å². The highest BCUT2D eigenvalue weighted by Crippen LogP contribution is 2.33. The summed E-state index contributed by atoms with van der Waals surface area (Å²) < 4.78 is 10.6. The molecule has 0 aromatic heterocycles. The van der Waals surface area contributed by atoms with E-state index in [0.29, 0.717) is 31.1 Å². The first-order chi connectivity index (χ1) is 14.1. The zero-order valence-corrected chi connectivity index (χ0v) is 16.8. The lowest BCUT2D eigenvalue weighted by Crippen LogP contribution is -2.37. The van der Waals surface area contributed by atoms with Crippen molar-refractivity contribution < 1.29 is 19.1 Å². The van der Waals surface area contributed by atoms with Gasteiger partial charge in [-0.15, -0.1) is 6.58 Å². The standard InChI is InChI=1S/C23H26N2O4/c1-4-13-24(15-17-9-11-19(28-2)12-10-17)23(27)18-14-22(26)25(16-18)20-7-5-6-8-21(20)29-3/h4-12,18H,1,13-16H2,2-3H3. The van der Waals surface area contributed by atoms with Crippen molar-refractivity contribution in [3.05, 3.63) is 66.7 Å². The maximum atomic E-state index is 13.2. The number of para-hydroxylation sites is 2. The number of nitrogens with zero attached hydrogens (tertiary/aromatic N) is 2. The van der Waals surface area contributed by atoms with Crippen molar-refractivity contribution in [3.8, 4) is 11.5 Å². The van der Waals surface area contributed by atoms with Gasteiger partial charge in [-0.3, -0.25) is 9.59 Å². The van der Waals surface area contributed by atoms with Crippen LogP contribution in [-0.2, 0) is 16.1 Å². The van der Waals surface area contributed by atoms with Gasteiger partial charge in [-0.05, 0) is 29.8 Å². The minimum Gasteiger partial charge on any atom is -0.497 e. The summed E-state index contributed by atoms with van der Waals surface area (Å²) in [5, 5.41) is 0. The molecule has 6 nitrogen and oxygen atoms in total. The fourth-order valence-electron chi connectivity index (χ4n) is 3.56. The van der Waals surface area contributed by atoms with E-state index in [2.05, 4.69) is 6.58 Å². The molecule has 2 aromatic carbocycles. The number of hydrogen-bond donors (Lipinski definition) is 0. The highest BCUT2D eigenvalue weighted by molar-refractivity contribution is 6.01. The van der Waals surface area contributed by atoms with Gasteiger partial charge in [-0.25, -0.2) is 0 Å². The molecule has 0 N–H and O–H groups in total. The molecule has 1 unspecified atom stereocenters. The fourth-order valence-corrected chi connectivity index (χ4v) is 3.56. The minimum atomic E-state index is -0.398. The van der Waals surface area contributed by atoms with Gasteiger partial charge in [0.2, 0.25) is 11.8 Å². The third-order valence-corrected chi connectivity index (χ3v) is 5.04. The normalized spacial score (nSPS) is 15.9. The Kier molecular flexibility index (Phi) is 6.54. The molecule has 0 spiro atoms. The monoisotopic (exact) mass is 394 g/mol. The maximum absolute atomic E-state index is 13.2. The van der Waals surface area contributed by atoms with Crippen LogP contribution in [0.15, 0.2) is 61.2 Å². The molecule has 2 amide bonds. The number of amides is 2. The molecule has 0 bridgehead atoms. The molecule has 0 aliphatic carbocycles. The summed E-state index contributed by atoms with van der Waals surface area (Å²) in [5.74, 6) is 0.868. The van der Waals surface area contributed by atoms with Crippen molar-refractivity contribution in [3.63, 3.8) is 0 Å². The van der Waals surface area contributed by atoms with Gasteiger partial charge in [-0.2, -0.15) is 0 Å². The summed E-state index contributed by atoms with van der Waals surface area (Å²) in [6.07, 6.45) is 1.89. The number of hydrogen-bond acceptors (Lipinski definition) is 4. The van der Waals surface area contributed by atoms with Crippen LogP contribution in [0, 0.1) is 5.92 Å². The largest absolute Gasteiger partial charge is 0.497 e. The average molecular weight is 394 g/mol. The van der Waals surface area contributed by atoms with Crippen molar-refractivity contribution in [2.24, 2.45) is 5.92 Å². The minimum absolute atomic E-state index is 0.0496. The molecular formula is C23H26N2O4. The molecule has 0 saturated carbocycles. The van der Waals surface area contributed by atoms with Crippen molar-refractivity contribution >= 4 is 17.5 Å². The lowest BCUT2D eigenvalue weighted by molar-refractivity contribution is -0.135. The van der Waals surface area contributed by atoms with Crippen LogP contribution in [0.3, 0.4) is 0 Å². The Morgan fingerprint density at radius 3 is 2.55 bits per heavy atom. The van der Waals surface area contributed by atoms with E-state index in [0.717, 1.165) is 11.3 Å². The predicted molar refractivity (Wildman–Crippen MR) is 112 cm³/mol. The van der Waals surface area contributed by atoms with Crippen LogP contribution in [0.25, 0.3) is 0 Å². The number of benzene rings is 2. The Labute approximate surface area is 171 Å². The first-order valence-corrected chi connectivity index (χ1v) is 9.53. The molecule has 0 radical (unpaired) electrons. The molecule has 6 heteroatoms. The quantitative estimate of drug-likeness (QED) is 0.645. The summed E-state index contributed by atoms with van der Waals surface area (Å²) in [5.41, 5.74) is 1.69. The molecule has 1 aliphatic heterocycles. The van der Waals surface area contributed by atoms with Crippen LogP contribution < -0.4 is 14.4 Å². The van der Waals surface area contributed by atoms with E-state index in [1.165, 1.54) is 0 Å². The Hall–Kier alpha value is -3.28. The number of carbonyl (C=O) groups is 2. The second-order valence-electron chi connectivity index (χ2n) is 6.93. The van der Waals surface area contributed by atoms with Crippen molar-refractivity contribution in [2.75, 3.05) is 32.2 Å². The smallest absolute Gasteiger partial charge is 0.228 e. The number of anilines is 1. The molecule has 1 fully saturated rings. The van der Waals surface area contributed by atoms with Crippen molar-refractivity contribution in [2.45, 2.75) is 13.0 Å². The molecule has 152 valence electrons. The Morgan fingerprint density at radius 1 is 1.17 bits per heavy atom. The Balaban J connectivity index is 1.74. The number of carbonyl (C=O) groups excluding carboxylic acids is 2. The van der Waals surface area contributed by atoms with E-state index < -0.39 is 5.92 Å². The Morgan fingerprint density at radius 2 is 1.90 bits per heavy atom. The molecule has 2 aromatic rings. The van der Waals surface area contributed by atoms with Gasteiger partial charge in [-0.1, -0.05) is 30.3 Å². The van der Waals surface area contributed by atoms with Gasteiger partial charge in [0.15, 0.2) is 0 Å². The third kappa shape index (κ3) is 4.59. The Bertz CT molecular complexity index is 879. The summed E-state index contributed by atoms with van der Waals surface area (Å²) in [7, 11) is 3.19. The van der Waals surface area contributed by atoms with E-state index in [9.17, 15) is 9.59 Å². The maximum Gasteiger partial charge on any atom is 0.228 e. The molecule has 1 saturated heterocycles. The molecular weight excluding hydrogens is 368 g/mol. The SMILES string of the molecule is C=CCN(Cc1ccc(OC)cc1)C(=O)C1CC(=O)N(c2ccccc2OC)C1. The van der Waals surface area contributed by atoms with Crippen LogP contribution in [-0.4, -0.2) is 44.0 Å². The predicted octanol–water partition coefficient (Wildman–Crippen LogP) is 3.27. The van der Waals surface area contributed by atoms with Crippen LogP contribution in [0.5, 0.6) is 11.5 Å². The number of rotatable bonds is 8. The van der Waals surface area contributed by atoms with E-state index in [4.69, 9.17) is 9.47 Å². The lowest BCUT2D eigenvalue weighted by Gasteiger charge is -2.25. The summed E-state index contributed by atoms with van der Waals surface area (Å²) in [4.78, 5) is 29.2. The van der Waals surface area contributed by atoms with Crippen LogP contribution >= 0.6 is 0 Å². The fraction of sp³-hybridized carbons (Fsp3) is 0.304. The van der Waals surface area contributed by atoms with Gasteiger partial charge < -0.3 is 19.3 Å². The zero-order valence-electron chi connectivity index (χ0n) is 16.8. The second kappa shape index (κ2) is 9.28. The first kappa shape index (κ1) is 20.5. The van der Waals surface area contributed by atoms with Gasteiger partial charge in [0, 0.05) is 26.1 Å². The van der Waals surface area contributed by atoms with Crippen LogP contribution in [0.4, 0.5) is 5.69 Å². The second-order valence-corrected chi connectivity index (χ2v) is 6.93. The van der Waals surface area contributed by atoms with E-state index in [-0.39, 0.29) is 18.2 Å². The van der Waals surface area contributed by atoms with E-state index in [1.807, 2.05) is 48.5 Å². The van der Waals surface area contributed by atoms with Gasteiger partial charge in [0.25, 0.3) is 0 Å². The third-order valence-electron chi connectivity index (χ3n) is 5.04. The van der Waals surface area contributed by atoms with Crippen LogP contribution in [0.1, 0.15) is 12.0 Å². The molecule has 1 atom stereocenters. The topological polar surface area (TPSA) is 59.1 Å². The van der Waals surface area contributed by atoms with Crippen LogP contribution in [0.2, 0.25) is 0 Å². The molecule has 1 aliphatic rings. The van der Waals surface area contributed by atoms with Gasteiger partial charge in [0.05, 0.1) is 25.8 Å². The summed E-state index contributed by atoms with van der Waals surface area (Å²) in [6.45, 7) is 4.99. The lowest BCUT2D eigenvalue weighted by atomic mass is 10.1. The zero-order chi connectivity index (χ0) is 20.8. The van der Waals surface area contributed by atoms with E-state index >= 15 is 0 Å². The number of methoxy groups -OCH3 is 2. The average Bonchev–Trinajstić information content (AvgIpc) is 3.14. The molecule has 1 heterocycles. The first-order valence-electron chi connectivity index (χ1n) is 9.53. The summed E-state index contributed by atoms with van der Waals surface area (Å²) in [6, 6.07) is 15.0. The molecule has 3 rings (SSSR count). The number of ether oxygens (including phenoxy) is 2. The van der Waals surface area contributed by atoms with Gasteiger partial charge in [0.1, 0.15) is 11.5 Å². The molecule has 29 heavy (non-hydrogen) atoms. The van der Waals surface area contributed by atoms with Gasteiger partial charge >= 0.3 is 0 Å². The van der Waals surface area contributed by atoms with Crippen molar-refractivity contribution in [1.29, 1.82) is 0 Å². The summed E-state index contributed by atoms with van der Waals surface area (Å²) >= 11 is 0. The highest BCUT2D eigenvalue weighted by atomic mass is 16.5. The highest BCUT2D eigenvalue weighted by Gasteiger charge is 2.38.